The molecule has 1 N–H and O–H groups in total. The summed E-state index contributed by atoms with van der Waals surface area (Å²) in [7, 11) is 0. The number of rotatable bonds is 5. The van der Waals surface area contributed by atoms with Crippen molar-refractivity contribution in [2.75, 3.05) is 6.54 Å². The standard InChI is InChI=1S/C14H15N5/c1-2-9-19-13(5-1)17-18-14(19)6-8-16-11-12-4-3-7-15-10-12/h1-5,7,9-10,16H,6,8,11H2. The minimum atomic E-state index is 0.824. The maximum Gasteiger partial charge on any atom is 0.160 e. The molecule has 5 heteroatoms. The lowest BCUT2D eigenvalue weighted by Crippen LogP contribution is -2.17. The molecule has 3 heterocycles. The first-order valence-electron chi connectivity index (χ1n) is 6.32. The van der Waals surface area contributed by atoms with E-state index in [2.05, 4.69) is 26.6 Å². The Morgan fingerprint density at radius 3 is 3.00 bits per heavy atom. The van der Waals surface area contributed by atoms with Crippen LogP contribution < -0.4 is 5.32 Å². The fraction of sp³-hybridized carbons (Fsp3) is 0.214. The van der Waals surface area contributed by atoms with Crippen molar-refractivity contribution in [1.29, 1.82) is 0 Å². The number of aromatic nitrogens is 4. The third-order valence-electron chi connectivity index (χ3n) is 2.96. The van der Waals surface area contributed by atoms with Crippen molar-refractivity contribution < 1.29 is 0 Å². The van der Waals surface area contributed by atoms with Crippen molar-refractivity contribution in [2.24, 2.45) is 0 Å². The summed E-state index contributed by atoms with van der Waals surface area (Å²) in [5.74, 6) is 0.981. The van der Waals surface area contributed by atoms with Gasteiger partial charge >= 0.3 is 0 Å². The zero-order chi connectivity index (χ0) is 12.9. The maximum absolute atomic E-state index is 4.20. The van der Waals surface area contributed by atoms with Crippen LogP contribution in [0.2, 0.25) is 0 Å². The second-order valence-corrected chi connectivity index (χ2v) is 4.33. The monoisotopic (exact) mass is 253 g/mol. The van der Waals surface area contributed by atoms with E-state index in [4.69, 9.17) is 0 Å². The minimum absolute atomic E-state index is 0.824. The molecule has 3 rings (SSSR count). The highest BCUT2D eigenvalue weighted by molar-refractivity contribution is 5.36. The average Bonchev–Trinajstić information content (AvgIpc) is 2.88. The second kappa shape index (κ2) is 5.58. The van der Waals surface area contributed by atoms with E-state index in [1.807, 2.05) is 41.1 Å². The first-order chi connectivity index (χ1) is 9.43. The molecule has 0 unspecified atom stereocenters. The summed E-state index contributed by atoms with van der Waals surface area (Å²) >= 11 is 0. The van der Waals surface area contributed by atoms with Gasteiger partial charge in [-0.1, -0.05) is 12.1 Å². The van der Waals surface area contributed by atoms with Crippen molar-refractivity contribution in [3.63, 3.8) is 0 Å². The van der Waals surface area contributed by atoms with Crippen molar-refractivity contribution in [2.45, 2.75) is 13.0 Å². The molecule has 0 bridgehead atoms. The van der Waals surface area contributed by atoms with E-state index < -0.39 is 0 Å². The van der Waals surface area contributed by atoms with Gasteiger partial charge in [0.25, 0.3) is 0 Å². The van der Waals surface area contributed by atoms with E-state index in [1.165, 1.54) is 5.56 Å². The largest absolute Gasteiger partial charge is 0.312 e. The quantitative estimate of drug-likeness (QED) is 0.699. The van der Waals surface area contributed by atoms with Gasteiger partial charge in [-0.3, -0.25) is 9.38 Å². The highest BCUT2D eigenvalue weighted by Gasteiger charge is 2.03. The van der Waals surface area contributed by atoms with Gasteiger partial charge in [0.05, 0.1) is 0 Å². The zero-order valence-electron chi connectivity index (χ0n) is 10.5. The smallest absolute Gasteiger partial charge is 0.160 e. The third kappa shape index (κ3) is 2.77. The van der Waals surface area contributed by atoms with Gasteiger partial charge in [-0.2, -0.15) is 0 Å². The van der Waals surface area contributed by atoms with Gasteiger partial charge in [0.1, 0.15) is 5.82 Å². The Balaban J connectivity index is 1.55. The number of fused-ring (bicyclic) bond motifs is 1. The molecule has 0 aliphatic heterocycles. The lowest BCUT2D eigenvalue weighted by atomic mass is 10.3. The molecular formula is C14H15N5. The molecule has 3 aromatic rings. The van der Waals surface area contributed by atoms with Crippen LogP contribution in [0.5, 0.6) is 0 Å². The summed E-state index contributed by atoms with van der Waals surface area (Å²) < 4.78 is 2.02. The van der Waals surface area contributed by atoms with Gasteiger partial charge in [-0.25, -0.2) is 0 Å². The molecule has 96 valence electrons. The van der Waals surface area contributed by atoms with Crippen molar-refractivity contribution >= 4 is 5.65 Å². The molecule has 0 aliphatic rings. The number of hydrogen-bond acceptors (Lipinski definition) is 4. The van der Waals surface area contributed by atoms with Crippen molar-refractivity contribution in [3.8, 4) is 0 Å². The Kier molecular flexibility index (Phi) is 3.47. The highest BCUT2D eigenvalue weighted by atomic mass is 15.2. The second-order valence-electron chi connectivity index (χ2n) is 4.33. The summed E-state index contributed by atoms with van der Waals surface area (Å²) in [6.45, 7) is 1.69. The normalized spacial score (nSPS) is 10.9. The number of pyridine rings is 2. The van der Waals surface area contributed by atoms with Crippen molar-refractivity contribution in [3.05, 3.63) is 60.3 Å². The van der Waals surface area contributed by atoms with Gasteiger partial charge in [0.15, 0.2) is 5.65 Å². The number of hydrogen-bond donors (Lipinski definition) is 1. The van der Waals surface area contributed by atoms with Crippen LogP contribution in [0.25, 0.3) is 5.65 Å². The molecule has 0 radical (unpaired) electrons. The maximum atomic E-state index is 4.20. The topological polar surface area (TPSA) is 55.1 Å². The molecule has 0 aliphatic carbocycles. The summed E-state index contributed by atoms with van der Waals surface area (Å²) in [6, 6.07) is 9.92. The molecule has 0 saturated carbocycles. The molecule has 0 saturated heterocycles. The molecule has 0 atom stereocenters. The zero-order valence-corrected chi connectivity index (χ0v) is 10.5. The predicted molar refractivity (Wildman–Crippen MR) is 72.6 cm³/mol. The Hall–Kier alpha value is -2.27. The van der Waals surface area contributed by atoms with E-state index in [1.54, 1.807) is 6.20 Å². The first kappa shape index (κ1) is 11.8. The Morgan fingerprint density at radius 2 is 2.11 bits per heavy atom. The van der Waals surface area contributed by atoms with Crippen LogP contribution in [0.1, 0.15) is 11.4 Å². The SMILES string of the molecule is c1cncc(CNCCc2nnc3ccccn23)c1. The fourth-order valence-corrected chi connectivity index (χ4v) is 2.00. The lowest BCUT2D eigenvalue weighted by Gasteiger charge is -2.03. The molecular weight excluding hydrogens is 238 g/mol. The Labute approximate surface area is 111 Å². The van der Waals surface area contributed by atoms with E-state index in [0.29, 0.717) is 0 Å². The van der Waals surface area contributed by atoms with Crippen molar-refractivity contribution in [1.82, 2.24) is 24.9 Å². The van der Waals surface area contributed by atoms with E-state index in [9.17, 15) is 0 Å². The molecule has 5 nitrogen and oxygen atoms in total. The molecule has 3 aromatic heterocycles. The van der Waals surface area contributed by atoms with Gasteiger partial charge in [0, 0.05) is 38.1 Å². The minimum Gasteiger partial charge on any atom is -0.312 e. The third-order valence-corrected chi connectivity index (χ3v) is 2.96. The van der Waals surface area contributed by atoms with Gasteiger partial charge in [-0.05, 0) is 23.8 Å². The molecule has 0 spiro atoms. The fourth-order valence-electron chi connectivity index (χ4n) is 2.00. The van der Waals surface area contributed by atoms with Crippen LogP contribution in [0, 0.1) is 0 Å². The van der Waals surface area contributed by atoms with E-state index in [-0.39, 0.29) is 0 Å². The van der Waals surface area contributed by atoms with Gasteiger partial charge in [0.2, 0.25) is 0 Å². The summed E-state index contributed by atoms with van der Waals surface area (Å²) in [5.41, 5.74) is 2.08. The van der Waals surface area contributed by atoms with Crippen LogP contribution in [-0.2, 0) is 13.0 Å². The van der Waals surface area contributed by atoms with Crippen LogP contribution in [0.4, 0.5) is 0 Å². The van der Waals surface area contributed by atoms with Gasteiger partial charge in [-0.15, -0.1) is 10.2 Å². The molecule has 0 aromatic carbocycles. The Morgan fingerprint density at radius 1 is 1.11 bits per heavy atom. The first-order valence-corrected chi connectivity index (χ1v) is 6.32. The molecule has 0 amide bonds. The predicted octanol–water partition coefficient (Wildman–Crippen LogP) is 1.46. The number of nitrogens with zero attached hydrogens (tertiary/aromatic N) is 4. The van der Waals surface area contributed by atoms with Crippen LogP contribution >= 0.6 is 0 Å². The molecule has 0 fully saturated rings. The average molecular weight is 253 g/mol. The lowest BCUT2D eigenvalue weighted by molar-refractivity contribution is 0.665. The van der Waals surface area contributed by atoms with Crippen LogP contribution in [0.3, 0.4) is 0 Å². The summed E-state index contributed by atoms with van der Waals surface area (Å²) in [5, 5.41) is 11.7. The van der Waals surface area contributed by atoms with E-state index >= 15 is 0 Å². The summed E-state index contributed by atoms with van der Waals surface area (Å²) in [4.78, 5) is 4.09. The van der Waals surface area contributed by atoms with Crippen LogP contribution in [0.15, 0.2) is 48.9 Å². The number of nitrogens with one attached hydrogen (secondary N) is 1. The van der Waals surface area contributed by atoms with Crippen LogP contribution in [-0.4, -0.2) is 26.1 Å². The highest BCUT2D eigenvalue weighted by Crippen LogP contribution is 2.03. The van der Waals surface area contributed by atoms with Gasteiger partial charge < -0.3 is 5.32 Å². The Bertz CT molecular complexity index is 647. The summed E-state index contributed by atoms with van der Waals surface area (Å²) in [6.07, 6.45) is 6.50. The molecule has 19 heavy (non-hydrogen) atoms. The van der Waals surface area contributed by atoms with E-state index in [0.717, 1.165) is 31.0 Å².